The normalized spacial score (nSPS) is 26.1. The van der Waals surface area contributed by atoms with Gasteiger partial charge in [-0.1, -0.05) is 13.3 Å². The van der Waals surface area contributed by atoms with Crippen molar-refractivity contribution in [2.45, 2.75) is 64.3 Å². The smallest absolute Gasteiger partial charge is 0.00865 e. The first kappa shape index (κ1) is 12.6. The third-order valence-corrected chi connectivity index (χ3v) is 3.61. The van der Waals surface area contributed by atoms with Crippen LogP contribution in [-0.2, 0) is 0 Å². The van der Waals surface area contributed by atoms with Crippen molar-refractivity contribution in [3.63, 3.8) is 0 Å². The molecule has 86 valence electrons. The Morgan fingerprint density at radius 3 is 2.53 bits per heavy atom. The summed E-state index contributed by atoms with van der Waals surface area (Å²) in [5.74, 6) is 3.70. The Morgan fingerprint density at radius 1 is 1.20 bits per heavy atom. The number of hydrogen-bond acceptors (Lipinski definition) is 1. The molecule has 1 heteroatoms. The highest BCUT2D eigenvalue weighted by Gasteiger charge is 2.18. The molecule has 15 heavy (non-hydrogen) atoms. The molecule has 1 saturated carbocycles. The molecule has 1 aliphatic carbocycles. The van der Waals surface area contributed by atoms with Gasteiger partial charge in [0.25, 0.3) is 0 Å². The molecule has 1 fully saturated rings. The summed E-state index contributed by atoms with van der Waals surface area (Å²) < 4.78 is 0. The third-order valence-electron chi connectivity index (χ3n) is 3.61. The van der Waals surface area contributed by atoms with E-state index in [4.69, 9.17) is 6.42 Å². The Morgan fingerprint density at radius 2 is 1.93 bits per heavy atom. The van der Waals surface area contributed by atoms with Crippen molar-refractivity contribution >= 4 is 0 Å². The van der Waals surface area contributed by atoms with E-state index >= 15 is 0 Å². The molecule has 1 aliphatic rings. The second-order valence-corrected chi connectivity index (χ2v) is 4.74. The van der Waals surface area contributed by atoms with E-state index in [-0.39, 0.29) is 0 Å². The second kappa shape index (κ2) is 7.77. The molecule has 0 aromatic rings. The molecule has 0 aliphatic heterocycles. The van der Waals surface area contributed by atoms with E-state index in [9.17, 15) is 0 Å². The van der Waals surface area contributed by atoms with Gasteiger partial charge in [0.05, 0.1) is 0 Å². The molecule has 0 aromatic carbocycles. The molecule has 0 saturated heterocycles. The minimum atomic E-state index is 0.790. The molecule has 0 aromatic heterocycles. The summed E-state index contributed by atoms with van der Waals surface area (Å²) in [6.45, 7) is 3.47. The van der Waals surface area contributed by atoms with Crippen LogP contribution in [0.25, 0.3) is 0 Å². The second-order valence-electron chi connectivity index (χ2n) is 4.74. The predicted molar refractivity (Wildman–Crippen MR) is 66.7 cm³/mol. The van der Waals surface area contributed by atoms with Gasteiger partial charge in [-0.2, -0.15) is 0 Å². The van der Waals surface area contributed by atoms with Gasteiger partial charge in [0, 0.05) is 12.5 Å². The summed E-state index contributed by atoms with van der Waals surface area (Å²) in [5, 5.41) is 3.66. The standard InChI is InChI=1S/C14H25N/c1-3-5-6-7-12-15-14-10-8-13(4-2)9-11-14/h1,13-15H,4-12H2,2H3. The maximum Gasteiger partial charge on any atom is 0.00865 e. The zero-order valence-electron chi connectivity index (χ0n) is 10.1. The number of nitrogens with one attached hydrogen (secondary N) is 1. The van der Waals surface area contributed by atoms with E-state index in [1.54, 1.807) is 0 Å². The van der Waals surface area contributed by atoms with Gasteiger partial charge in [-0.3, -0.25) is 0 Å². The van der Waals surface area contributed by atoms with Crippen molar-refractivity contribution in [3.8, 4) is 12.3 Å². The van der Waals surface area contributed by atoms with Crippen LogP contribution >= 0.6 is 0 Å². The van der Waals surface area contributed by atoms with Gasteiger partial charge in [0.15, 0.2) is 0 Å². The molecule has 1 nitrogen and oxygen atoms in total. The minimum Gasteiger partial charge on any atom is -0.314 e. The maximum absolute atomic E-state index is 5.21. The van der Waals surface area contributed by atoms with Crippen molar-refractivity contribution in [3.05, 3.63) is 0 Å². The molecule has 0 heterocycles. The molecular weight excluding hydrogens is 182 g/mol. The monoisotopic (exact) mass is 207 g/mol. The lowest BCUT2D eigenvalue weighted by Gasteiger charge is -2.28. The first-order chi connectivity index (χ1) is 7.36. The first-order valence-electron chi connectivity index (χ1n) is 6.53. The number of rotatable bonds is 6. The quantitative estimate of drug-likeness (QED) is 0.520. The van der Waals surface area contributed by atoms with Crippen LogP contribution in [0.4, 0.5) is 0 Å². The fraction of sp³-hybridized carbons (Fsp3) is 0.857. The van der Waals surface area contributed by atoms with Crippen LogP contribution in [-0.4, -0.2) is 12.6 Å². The van der Waals surface area contributed by atoms with Crippen molar-refractivity contribution in [2.24, 2.45) is 5.92 Å². The van der Waals surface area contributed by atoms with Crippen molar-refractivity contribution in [1.82, 2.24) is 5.32 Å². The number of hydrogen-bond donors (Lipinski definition) is 1. The SMILES string of the molecule is C#CCCCCNC1CCC(CC)CC1. The van der Waals surface area contributed by atoms with E-state index in [1.165, 1.54) is 44.9 Å². The highest BCUT2D eigenvalue weighted by atomic mass is 14.9. The Bertz CT molecular complexity index is 184. The lowest BCUT2D eigenvalue weighted by molar-refractivity contribution is 0.285. The van der Waals surface area contributed by atoms with E-state index in [2.05, 4.69) is 18.2 Å². The van der Waals surface area contributed by atoms with E-state index in [0.717, 1.165) is 24.9 Å². The number of unbranched alkanes of at least 4 members (excludes halogenated alkanes) is 2. The van der Waals surface area contributed by atoms with Crippen molar-refractivity contribution in [2.75, 3.05) is 6.54 Å². The van der Waals surface area contributed by atoms with Gasteiger partial charge in [-0.05, 0) is 51.0 Å². The van der Waals surface area contributed by atoms with Gasteiger partial charge < -0.3 is 5.32 Å². The van der Waals surface area contributed by atoms with Crippen LogP contribution in [0.15, 0.2) is 0 Å². The molecule has 0 atom stereocenters. The molecule has 0 spiro atoms. The summed E-state index contributed by atoms with van der Waals surface area (Å²) in [5.41, 5.74) is 0. The Hall–Kier alpha value is -0.480. The van der Waals surface area contributed by atoms with Crippen LogP contribution < -0.4 is 5.32 Å². The first-order valence-corrected chi connectivity index (χ1v) is 6.53. The largest absolute Gasteiger partial charge is 0.314 e. The highest BCUT2D eigenvalue weighted by Crippen LogP contribution is 2.26. The Balaban J connectivity index is 1.97. The lowest BCUT2D eigenvalue weighted by atomic mass is 9.84. The molecule has 0 amide bonds. The lowest BCUT2D eigenvalue weighted by Crippen LogP contribution is -2.33. The molecule has 0 unspecified atom stereocenters. The average molecular weight is 207 g/mol. The van der Waals surface area contributed by atoms with Crippen LogP contribution in [0.2, 0.25) is 0 Å². The third kappa shape index (κ3) is 5.23. The fourth-order valence-electron chi connectivity index (χ4n) is 2.43. The van der Waals surface area contributed by atoms with E-state index < -0.39 is 0 Å². The van der Waals surface area contributed by atoms with Gasteiger partial charge in [0.1, 0.15) is 0 Å². The van der Waals surface area contributed by atoms with Gasteiger partial charge in [0.2, 0.25) is 0 Å². The van der Waals surface area contributed by atoms with E-state index in [1.807, 2.05) is 0 Å². The topological polar surface area (TPSA) is 12.0 Å². The van der Waals surface area contributed by atoms with Crippen molar-refractivity contribution < 1.29 is 0 Å². The zero-order valence-corrected chi connectivity index (χ0v) is 10.1. The van der Waals surface area contributed by atoms with E-state index in [0.29, 0.717) is 0 Å². The number of terminal acetylenes is 1. The fourth-order valence-corrected chi connectivity index (χ4v) is 2.43. The molecular formula is C14H25N. The summed E-state index contributed by atoms with van der Waals surface area (Å²) in [6.07, 6.45) is 15.6. The van der Waals surface area contributed by atoms with Crippen LogP contribution in [0, 0.1) is 18.3 Å². The van der Waals surface area contributed by atoms with Crippen LogP contribution in [0.3, 0.4) is 0 Å². The Labute approximate surface area is 95.0 Å². The molecule has 0 radical (unpaired) electrons. The highest BCUT2D eigenvalue weighted by molar-refractivity contribution is 4.83. The van der Waals surface area contributed by atoms with Crippen LogP contribution in [0.1, 0.15) is 58.3 Å². The predicted octanol–water partition coefficient (Wildman–Crippen LogP) is 3.35. The van der Waals surface area contributed by atoms with Crippen LogP contribution in [0.5, 0.6) is 0 Å². The summed E-state index contributed by atoms with van der Waals surface area (Å²) >= 11 is 0. The molecule has 1 N–H and O–H groups in total. The molecule has 0 bridgehead atoms. The van der Waals surface area contributed by atoms with Gasteiger partial charge in [-0.15, -0.1) is 12.3 Å². The minimum absolute atomic E-state index is 0.790. The maximum atomic E-state index is 5.21. The van der Waals surface area contributed by atoms with Crippen molar-refractivity contribution in [1.29, 1.82) is 0 Å². The Kier molecular flexibility index (Phi) is 6.52. The summed E-state index contributed by atoms with van der Waals surface area (Å²) in [4.78, 5) is 0. The van der Waals surface area contributed by atoms with Gasteiger partial charge >= 0.3 is 0 Å². The average Bonchev–Trinajstić information content (AvgIpc) is 2.30. The summed E-state index contributed by atoms with van der Waals surface area (Å²) in [6, 6.07) is 0.790. The zero-order chi connectivity index (χ0) is 10.9. The molecule has 1 rings (SSSR count). The van der Waals surface area contributed by atoms with Gasteiger partial charge in [-0.25, -0.2) is 0 Å². The summed E-state index contributed by atoms with van der Waals surface area (Å²) in [7, 11) is 0.